The fraction of sp³-hybridized carbons (Fsp3) is 0.667. The van der Waals surface area contributed by atoms with Gasteiger partial charge in [-0.15, -0.1) is 0 Å². The van der Waals surface area contributed by atoms with E-state index in [0.29, 0.717) is 12.8 Å². The van der Waals surface area contributed by atoms with Gasteiger partial charge in [0, 0.05) is 6.42 Å². The van der Waals surface area contributed by atoms with Gasteiger partial charge in [0.05, 0.1) is 5.25 Å². The Hall–Kier alpha value is -0.580. The number of nitrogens with one attached hydrogen (secondary N) is 1. The first kappa shape index (κ1) is 8.52. The molecule has 0 aliphatic heterocycles. The maximum absolute atomic E-state index is 11.0. The van der Waals surface area contributed by atoms with E-state index in [9.17, 15) is 13.2 Å². The van der Waals surface area contributed by atoms with Crippen molar-refractivity contribution >= 4 is 15.9 Å². The quantitative estimate of drug-likeness (QED) is 0.648. The van der Waals surface area contributed by atoms with E-state index in [1.807, 2.05) is 4.72 Å². The zero-order valence-electron chi connectivity index (χ0n) is 6.04. The first-order chi connectivity index (χ1) is 5.06. The maximum atomic E-state index is 11.0. The van der Waals surface area contributed by atoms with Crippen LogP contribution in [0.3, 0.4) is 0 Å². The summed E-state index contributed by atoms with van der Waals surface area (Å²) in [5, 5.41) is -0.335. The molecule has 0 aromatic carbocycles. The lowest BCUT2D eigenvalue weighted by molar-refractivity contribution is -0.118. The number of carbonyl (C=O) groups is 1. The molecule has 1 aliphatic rings. The van der Waals surface area contributed by atoms with Crippen LogP contribution in [0.2, 0.25) is 0 Å². The van der Waals surface area contributed by atoms with Gasteiger partial charge in [0.2, 0.25) is 15.9 Å². The monoisotopic (exact) mass is 176 g/mol. The Bertz CT molecular complexity index is 253. The SMILES string of the molecule is [CH2]CC(=O)NS(=O)(=O)C1CC1. The molecular formula is C6H10NO3S. The minimum atomic E-state index is -3.34. The van der Waals surface area contributed by atoms with Gasteiger partial charge in [-0.2, -0.15) is 0 Å². The van der Waals surface area contributed by atoms with Crippen LogP contribution in [0.15, 0.2) is 0 Å². The highest BCUT2D eigenvalue weighted by molar-refractivity contribution is 7.90. The van der Waals surface area contributed by atoms with E-state index in [-0.39, 0.29) is 11.7 Å². The zero-order valence-corrected chi connectivity index (χ0v) is 6.86. The summed E-state index contributed by atoms with van der Waals surface area (Å²) in [6.45, 7) is 3.27. The van der Waals surface area contributed by atoms with Crippen molar-refractivity contribution in [3.8, 4) is 0 Å². The molecule has 1 saturated carbocycles. The molecule has 63 valence electrons. The first-order valence-corrected chi connectivity index (χ1v) is 4.94. The number of carbonyl (C=O) groups excluding carboxylic acids is 1. The molecule has 1 amide bonds. The molecule has 0 bridgehead atoms. The van der Waals surface area contributed by atoms with Crippen LogP contribution in [-0.4, -0.2) is 19.6 Å². The number of amides is 1. The molecule has 0 heterocycles. The van der Waals surface area contributed by atoms with Crippen molar-refractivity contribution in [2.45, 2.75) is 24.5 Å². The van der Waals surface area contributed by atoms with Crippen LogP contribution < -0.4 is 4.72 Å². The van der Waals surface area contributed by atoms with E-state index in [2.05, 4.69) is 6.92 Å². The van der Waals surface area contributed by atoms with Gasteiger partial charge in [0.25, 0.3) is 0 Å². The summed E-state index contributed by atoms with van der Waals surface area (Å²) in [5.41, 5.74) is 0. The van der Waals surface area contributed by atoms with Crippen molar-refractivity contribution in [3.05, 3.63) is 6.92 Å². The largest absolute Gasteiger partial charge is 0.274 e. The summed E-state index contributed by atoms with van der Waals surface area (Å²) in [6, 6.07) is 0. The fourth-order valence-electron chi connectivity index (χ4n) is 0.671. The highest BCUT2D eigenvalue weighted by Gasteiger charge is 2.36. The third-order valence-electron chi connectivity index (χ3n) is 1.45. The Balaban J connectivity index is 2.53. The zero-order chi connectivity index (χ0) is 8.48. The summed E-state index contributed by atoms with van der Waals surface area (Å²) in [4.78, 5) is 10.6. The molecule has 1 rings (SSSR count). The van der Waals surface area contributed by atoms with E-state index in [1.165, 1.54) is 0 Å². The predicted molar refractivity (Wildman–Crippen MR) is 40.1 cm³/mol. The Morgan fingerprint density at radius 2 is 2.09 bits per heavy atom. The van der Waals surface area contributed by atoms with Gasteiger partial charge in [-0.1, -0.05) is 0 Å². The van der Waals surface area contributed by atoms with Crippen molar-refractivity contribution < 1.29 is 13.2 Å². The van der Waals surface area contributed by atoms with Gasteiger partial charge in [-0.05, 0) is 19.8 Å². The maximum Gasteiger partial charge on any atom is 0.237 e. The lowest BCUT2D eigenvalue weighted by atomic mass is 10.5. The van der Waals surface area contributed by atoms with Crippen molar-refractivity contribution in [1.82, 2.24) is 4.72 Å². The number of sulfonamides is 1. The summed E-state index contributed by atoms with van der Waals surface area (Å²) in [6.07, 6.45) is 1.30. The van der Waals surface area contributed by atoms with Crippen molar-refractivity contribution in [1.29, 1.82) is 0 Å². The molecule has 1 fully saturated rings. The number of rotatable bonds is 3. The molecule has 11 heavy (non-hydrogen) atoms. The van der Waals surface area contributed by atoms with Crippen LogP contribution in [0.5, 0.6) is 0 Å². The van der Waals surface area contributed by atoms with Crippen LogP contribution >= 0.6 is 0 Å². The molecule has 0 saturated heterocycles. The summed E-state index contributed by atoms with van der Waals surface area (Å²) < 4.78 is 23.9. The molecule has 1 aliphatic carbocycles. The van der Waals surface area contributed by atoms with Crippen LogP contribution in [0, 0.1) is 6.92 Å². The normalized spacial score (nSPS) is 17.9. The van der Waals surface area contributed by atoms with Crippen LogP contribution in [0.4, 0.5) is 0 Å². The van der Waals surface area contributed by atoms with Crippen LogP contribution in [-0.2, 0) is 14.8 Å². The predicted octanol–water partition coefficient (Wildman–Crippen LogP) is -0.181. The molecule has 0 spiro atoms. The van der Waals surface area contributed by atoms with Gasteiger partial charge >= 0.3 is 0 Å². The highest BCUT2D eigenvalue weighted by atomic mass is 32.2. The average Bonchev–Trinajstić information content (AvgIpc) is 2.66. The van der Waals surface area contributed by atoms with Crippen molar-refractivity contribution in [2.24, 2.45) is 0 Å². The Morgan fingerprint density at radius 1 is 1.55 bits per heavy atom. The first-order valence-electron chi connectivity index (χ1n) is 3.40. The molecule has 1 N–H and O–H groups in total. The average molecular weight is 176 g/mol. The molecule has 1 radical (unpaired) electrons. The van der Waals surface area contributed by atoms with Gasteiger partial charge in [-0.3, -0.25) is 9.52 Å². The third kappa shape index (κ3) is 2.18. The van der Waals surface area contributed by atoms with E-state index in [0.717, 1.165) is 0 Å². The lowest BCUT2D eigenvalue weighted by Gasteiger charge is -2.01. The minimum absolute atomic E-state index is 0.0358. The van der Waals surface area contributed by atoms with E-state index >= 15 is 0 Å². The second kappa shape index (κ2) is 2.81. The van der Waals surface area contributed by atoms with Crippen LogP contribution in [0.25, 0.3) is 0 Å². The number of hydrogen-bond donors (Lipinski definition) is 1. The Kier molecular flexibility index (Phi) is 2.17. The highest BCUT2D eigenvalue weighted by Crippen LogP contribution is 2.27. The Labute approximate surface area is 66.0 Å². The van der Waals surface area contributed by atoms with E-state index in [4.69, 9.17) is 0 Å². The third-order valence-corrected chi connectivity index (χ3v) is 3.31. The fourth-order valence-corrected chi connectivity index (χ4v) is 2.01. The summed E-state index contributed by atoms with van der Waals surface area (Å²) in [5.74, 6) is -0.531. The second-order valence-electron chi connectivity index (χ2n) is 2.52. The smallest absolute Gasteiger partial charge is 0.237 e. The van der Waals surface area contributed by atoms with Crippen molar-refractivity contribution in [3.63, 3.8) is 0 Å². The second-order valence-corrected chi connectivity index (χ2v) is 4.48. The molecule has 5 heteroatoms. The lowest BCUT2D eigenvalue weighted by Crippen LogP contribution is -2.32. The molecule has 0 aromatic heterocycles. The Morgan fingerprint density at radius 3 is 2.45 bits per heavy atom. The van der Waals surface area contributed by atoms with Crippen molar-refractivity contribution in [2.75, 3.05) is 0 Å². The minimum Gasteiger partial charge on any atom is -0.274 e. The number of hydrogen-bond acceptors (Lipinski definition) is 3. The van der Waals surface area contributed by atoms with Gasteiger partial charge in [0.15, 0.2) is 0 Å². The van der Waals surface area contributed by atoms with Gasteiger partial charge in [-0.25, -0.2) is 8.42 Å². The van der Waals surface area contributed by atoms with E-state index < -0.39 is 15.9 Å². The molecular weight excluding hydrogens is 166 g/mol. The van der Waals surface area contributed by atoms with E-state index in [1.54, 1.807) is 0 Å². The molecule has 0 aromatic rings. The van der Waals surface area contributed by atoms with Gasteiger partial charge < -0.3 is 0 Å². The van der Waals surface area contributed by atoms with Crippen LogP contribution in [0.1, 0.15) is 19.3 Å². The molecule has 0 atom stereocenters. The molecule has 0 unspecified atom stereocenters. The molecule has 4 nitrogen and oxygen atoms in total. The standard InChI is InChI=1S/C6H10NO3S/c1-2-6(8)7-11(9,10)5-3-4-5/h5H,1-4H2,(H,7,8). The topological polar surface area (TPSA) is 63.2 Å². The summed E-state index contributed by atoms with van der Waals surface area (Å²) >= 11 is 0. The summed E-state index contributed by atoms with van der Waals surface area (Å²) in [7, 11) is -3.34. The van der Waals surface area contributed by atoms with Gasteiger partial charge in [0.1, 0.15) is 0 Å².